The van der Waals surface area contributed by atoms with Crippen LogP contribution in [-0.2, 0) is 10.8 Å². The predicted molar refractivity (Wildman–Crippen MR) is 118 cm³/mol. The lowest BCUT2D eigenvalue weighted by molar-refractivity contribution is 0.0839. The van der Waals surface area contributed by atoms with Crippen LogP contribution in [0.2, 0.25) is 0 Å². The summed E-state index contributed by atoms with van der Waals surface area (Å²) in [7, 11) is 0.304. The molecule has 0 saturated carbocycles. The lowest BCUT2D eigenvalue weighted by Gasteiger charge is -2.31. The first kappa shape index (κ1) is 23.1. The summed E-state index contributed by atoms with van der Waals surface area (Å²) in [6, 6.07) is 10.6. The molecule has 1 fully saturated rings. The van der Waals surface area contributed by atoms with Crippen LogP contribution in [0.4, 0.5) is 4.39 Å². The van der Waals surface area contributed by atoms with Gasteiger partial charge in [-0.1, -0.05) is 0 Å². The van der Waals surface area contributed by atoms with Crippen molar-refractivity contribution in [2.45, 2.75) is 17.7 Å². The molecule has 6 nitrogen and oxygen atoms in total. The molecule has 1 unspecified atom stereocenters. The van der Waals surface area contributed by atoms with Crippen molar-refractivity contribution >= 4 is 22.5 Å². The van der Waals surface area contributed by atoms with Gasteiger partial charge in [0, 0.05) is 46.5 Å². The van der Waals surface area contributed by atoms with Crippen molar-refractivity contribution in [3.05, 3.63) is 59.4 Å². The molecule has 1 heterocycles. The number of piperidine rings is 1. The van der Waals surface area contributed by atoms with E-state index in [9.17, 15) is 18.2 Å². The Morgan fingerprint density at radius 2 is 1.84 bits per heavy atom. The van der Waals surface area contributed by atoms with Crippen LogP contribution >= 0.6 is 0 Å². The second-order valence-corrected chi connectivity index (χ2v) is 8.94. The summed E-state index contributed by atoms with van der Waals surface area (Å²) in [5.74, 6) is -0.176. The van der Waals surface area contributed by atoms with Crippen molar-refractivity contribution in [1.29, 1.82) is 0 Å². The summed E-state index contributed by atoms with van der Waals surface area (Å²) < 4.78 is 30.0. The summed E-state index contributed by atoms with van der Waals surface area (Å²) >= 11 is 0. The van der Waals surface area contributed by atoms with Crippen molar-refractivity contribution in [3.63, 3.8) is 0 Å². The van der Waals surface area contributed by atoms with E-state index in [1.54, 1.807) is 24.5 Å². The van der Waals surface area contributed by atoms with E-state index in [0.717, 1.165) is 25.9 Å². The summed E-state index contributed by atoms with van der Waals surface area (Å²) in [6.07, 6.45) is 3.04. The quantitative estimate of drug-likeness (QED) is 0.631. The van der Waals surface area contributed by atoms with Gasteiger partial charge in [-0.25, -0.2) is 4.39 Å². The third-order valence-corrected chi connectivity index (χ3v) is 6.47. The highest BCUT2D eigenvalue weighted by molar-refractivity contribution is 7.84. The van der Waals surface area contributed by atoms with Crippen molar-refractivity contribution in [2.75, 3.05) is 39.5 Å². The topological polar surface area (TPSA) is 75.7 Å². The van der Waals surface area contributed by atoms with E-state index in [1.807, 2.05) is 0 Å². The zero-order chi connectivity index (χ0) is 22.4. The molecule has 1 saturated heterocycles. The Morgan fingerprint density at radius 1 is 1.16 bits per heavy atom. The Bertz CT molecular complexity index is 957. The molecule has 0 aliphatic carbocycles. The zero-order valence-corrected chi connectivity index (χ0v) is 18.5. The van der Waals surface area contributed by atoms with Crippen molar-refractivity contribution in [2.24, 2.45) is 5.92 Å². The Hall–Kier alpha value is -2.58. The van der Waals surface area contributed by atoms with Crippen LogP contribution in [0, 0.1) is 11.7 Å². The largest absolute Gasteiger partial charge is 0.496 e. The summed E-state index contributed by atoms with van der Waals surface area (Å²) in [5, 5.41) is 2.89. The number of carbonyl (C=O) groups is 2. The van der Waals surface area contributed by atoms with E-state index in [0.29, 0.717) is 34.9 Å². The highest BCUT2D eigenvalue weighted by Gasteiger charge is 2.25. The van der Waals surface area contributed by atoms with Crippen LogP contribution in [0.5, 0.6) is 5.75 Å². The number of halogens is 1. The number of nitrogens with zero attached hydrogens (tertiary/aromatic N) is 1. The van der Waals surface area contributed by atoms with Crippen LogP contribution in [0.25, 0.3) is 0 Å². The number of ether oxygens (including phenoxy) is 1. The van der Waals surface area contributed by atoms with Gasteiger partial charge >= 0.3 is 0 Å². The molecule has 1 aliphatic heterocycles. The second-order valence-electron chi connectivity index (χ2n) is 7.56. The minimum absolute atomic E-state index is 0.0572. The maximum Gasteiger partial charge on any atom is 0.255 e. The Labute approximate surface area is 184 Å². The first-order valence-electron chi connectivity index (χ1n) is 10.2. The molecular weight excluding hydrogens is 419 g/mol. The van der Waals surface area contributed by atoms with E-state index in [-0.39, 0.29) is 23.4 Å². The molecule has 2 aromatic carbocycles. The molecule has 8 heteroatoms. The molecule has 3 rings (SSSR count). The van der Waals surface area contributed by atoms with E-state index in [1.165, 1.54) is 31.4 Å². The van der Waals surface area contributed by atoms with Crippen molar-refractivity contribution in [3.8, 4) is 5.75 Å². The molecule has 31 heavy (non-hydrogen) atoms. The van der Waals surface area contributed by atoms with Gasteiger partial charge in [-0.15, -0.1) is 0 Å². The van der Waals surface area contributed by atoms with Gasteiger partial charge in [0.15, 0.2) is 5.78 Å². The average molecular weight is 447 g/mol. The van der Waals surface area contributed by atoms with Crippen LogP contribution in [-0.4, -0.2) is 60.3 Å². The van der Waals surface area contributed by atoms with Crippen molar-refractivity contribution < 1.29 is 22.9 Å². The first-order valence-corrected chi connectivity index (χ1v) is 11.8. The fourth-order valence-electron chi connectivity index (χ4n) is 3.73. The first-order chi connectivity index (χ1) is 14.9. The number of carbonyl (C=O) groups excluding carboxylic acids is 2. The highest BCUT2D eigenvalue weighted by Crippen LogP contribution is 2.23. The minimum atomic E-state index is -1.19. The third-order valence-electron chi connectivity index (χ3n) is 5.55. The number of hydrogen-bond acceptors (Lipinski definition) is 5. The van der Waals surface area contributed by atoms with E-state index in [4.69, 9.17) is 4.74 Å². The highest BCUT2D eigenvalue weighted by atomic mass is 32.2. The standard InChI is InChI=1S/C23H27FN2O4S/c1-30-21-8-7-19(31(2)29)15-20(21)23(28)25-11-14-26-12-9-17(10-13-26)22(27)16-3-5-18(24)6-4-16/h3-8,15,17H,9-14H2,1-2H3,(H,25,28). The molecule has 166 valence electrons. The zero-order valence-electron chi connectivity index (χ0n) is 17.7. The molecular formula is C23H27FN2O4S. The number of methoxy groups -OCH3 is 1. The SMILES string of the molecule is COc1ccc(S(C)=O)cc1C(=O)NCCN1CCC(C(=O)c2ccc(F)cc2)CC1. The molecule has 2 aromatic rings. The van der Waals surface area contributed by atoms with Crippen molar-refractivity contribution in [1.82, 2.24) is 10.2 Å². The molecule has 1 N–H and O–H groups in total. The molecule has 1 atom stereocenters. The van der Waals surface area contributed by atoms with E-state index < -0.39 is 10.8 Å². The van der Waals surface area contributed by atoms with Gasteiger partial charge in [-0.2, -0.15) is 0 Å². The van der Waals surface area contributed by atoms with Gasteiger partial charge in [0.1, 0.15) is 11.6 Å². The molecule has 0 spiro atoms. The lowest BCUT2D eigenvalue weighted by Crippen LogP contribution is -2.41. The number of nitrogens with one attached hydrogen (secondary N) is 1. The molecule has 1 aliphatic rings. The number of ketones is 1. The monoisotopic (exact) mass is 446 g/mol. The van der Waals surface area contributed by atoms with Gasteiger partial charge < -0.3 is 15.0 Å². The Balaban J connectivity index is 1.47. The fourth-order valence-corrected chi connectivity index (χ4v) is 4.28. The second kappa shape index (κ2) is 10.6. The van der Waals surface area contributed by atoms with Gasteiger partial charge in [0.2, 0.25) is 0 Å². The Morgan fingerprint density at radius 3 is 2.45 bits per heavy atom. The molecule has 1 amide bonds. The third kappa shape index (κ3) is 5.98. The summed E-state index contributed by atoms with van der Waals surface area (Å²) in [5.41, 5.74) is 0.912. The number of likely N-dealkylation sites (tertiary alicyclic amines) is 1. The maximum absolute atomic E-state index is 13.1. The van der Waals surface area contributed by atoms with Crippen LogP contribution in [0.15, 0.2) is 47.4 Å². The number of benzene rings is 2. The van der Waals surface area contributed by atoms with E-state index in [2.05, 4.69) is 10.2 Å². The number of hydrogen-bond donors (Lipinski definition) is 1. The number of amides is 1. The summed E-state index contributed by atoms with van der Waals surface area (Å²) in [6.45, 7) is 2.66. The van der Waals surface area contributed by atoms with Gasteiger partial charge in [-0.05, 0) is 68.4 Å². The average Bonchev–Trinajstić information content (AvgIpc) is 2.79. The lowest BCUT2D eigenvalue weighted by atomic mass is 9.89. The molecule has 0 radical (unpaired) electrons. The van der Waals surface area contributed by atoms with Crippen LogP contribution in [0.3, 0.4) is 0 Å². The van der Waals surface area contributed by atoms with Gasteiger partial charge in [-0.3, -0.25) is 13.8 Å². The molecule has 0 bridgehead atoms. The minimum Gasteiger partial charge on any atom is -0.496 e. The van der Waals surface area contributed by atoms with E-state index >= 15 is 0 Å². The van der Waals surface area contributed by atoms with Gasteiger partial charge in [0.25, 0.3) is 5.91 Å². The predicted octanol–water partition coefficient (Wildman–Crippen LogP) is 2.90. The maximum atomic E-state index is 13.1. The van der Waals surface area contributed by atoms with Crippen LogP contribution < -0.4 is 10.1 Å². The molecule has 0 aromatic heterocycles. The smallest absolute Gasteiger partial charge is 0.255 e. The van der Waals surface area contributed by atoms with Gasteiger partial charge in [0.05, 0.1) is 12.7 Å². The fraction of sp³-hybridized carbons (Fsp3) is 0.391. The number of Topliss-reactive ketones (excluding diaryl/α,β-unsaturated/α-hetero) is 1. The normalized spacial score (nSPS) is 16.0. The number of rotatable bonds is 8. The summed E-state index contributed by atoms with van der Waals surface area (Å²) in [4.78, 5) is 27.9. The Kier molecular flexibility index (Phi) is 7.92. The van der Waals surface area contributed by atoms with Crippen LogP contribution in [0.1, 0.15) is 33.6 Å².